The van der Waals surface area contributed by atoms with E-state index in [9.17, 15) is 9.18 Å². The number of rotatable bonds is 5. The highest BCUT2D eigenvalue weighted by molar-refractivity contribution is 7.99. The first-order valence-electron chi connectivity index (χ1n) is 5.44. The topological polar surface area (TPSA) is 81.1 Å². The normalized spacial score (nSPS) is 11.3. The van der Waals surface area contributed by atoms with Crippen molar-refractivity contribution >= 4 is 29.0 Å². The summed E-state index contributed by atoms with van der Waals surface area (Å²) in [6.45, 7) is 4.64. The monoisotopic (exact) mass is 271 g/mol. The van der Waals surface area contributed by atoms with E-state index >= 15 is 0 Å². The van der Waals surface area contributed by atoms with Crippen molar-refractivity contribution in [2.75, 3.05) is 23.9 Å². The summed E-state index contributed by atoms with van der Waals surface area (Å²) in [6, 6.07) is 2.46. The van der Waals surface area contributed by atoms with Crippen LogP contribution in [-0.2, 0) is 0 Å². The van der Waals surface area contributed by atoms with E-state index in [1.807, 2.05) is 20.1 Å². The fraction of sp³-hybridized carbons (Fsp3) is 0.417. The molecule has 0 unspecified atom stereocenters. The lowest BCUT2D eigenvalue weighted by Crippen LogP contribution is -2.26. The largest absolute Gasteiger partial charge is 0.398 e. The molecule has 0 bridgehead atoms. The zero-order valence-electron chi connectivity index (χ0n) is 10.7. The summed E-state index contributed by atoms with van der Waals surface area (Å²) in [5.74, 6) is -1.16. The van der Waals surface area contributed by atoms with E-state index < -0.39 is 11.7 Å². The molecule has 4 nitrogen and oxygen atoms in total. The van der Waals surface area contributed by atoms with Crippen LogP contribution in [0.4, 0.5) is 15.8 Å². The zero-order chi connectivity index (χ0) is 13.9. The van der Waals surface area contributed by atoms with E-state index in [-0.39, 0.29) is 21.7 Å². The summed E-state index contributed by atoms with van der Waals surface area (Å²) in [6.07, 6.45) is 1.98. The van der Waals surface area contributed by atoms with Gasteiger partial charge in [-0.25, -0.2) is 4.39 Å². The Kier molecular flexibility index (Phi) is 4.45. The minimum atomic E-state index is -0.667. The molecular weight excluding hydrogens is 253 g/mol. The smallest absolute Gasteiger partial charge is 0.250 e. The summed E-state index contributed by atoms with van der Waals surface area (Å²) in [5, 5.41) is 2.97. The molecule has 0 aliphatic carbocycles. The van der Waals surface area contributed by atoms with Gasteiger partial charge in [0.1, 0.15) is 5.82 Å². The molecule has 0 fully saturated rings. The number of amides is 1. The first-order valence-corrected chi connectivity index (χ1v) is 6.67. The Hall–Kier alpha value is -1.43. The van der Waals surface area contributed by atoms with Gasteiger partial charge in [-0.15, -0.1) is 0 Å². The number of thioether (sulfide) groups is 1. The van der Waals surface area contributed by atoms with Crippen molar-refractivity contribution in [1.29, 1.82) is 0 Å². The summed E-state index contributed by atoms with van der Waals surface area (Å²) in [5.41, 5.74) is 11.1. The SMILES string of the molecule is CSC(C)(C)CNc1cc(C(N)=O)c(N)cc1F. The predicted octanol–water partition coefficient (Wildman–Crippen LogP) is 2.06. The average Bonchev–Trinajstić information content (AvgIpc) is 2.27. The number of nitrogens with one attached hydrogen (secondary N) is 1. The molecule has 100 valence electrons. The molecule has 0 saturated heterocycles. The van der Waals surface area contributed by atoms with Gasteiger partial charge in [-0.05, 0) is 32.2 Å². The Labute approximate surface area is 110 Å². The minimum Gasteiger partial charge on any atom is -0.398 e. The van der Waals surface area contributed by atoms with Crippen molar-refractivity contribution in [1.82, 2.24) is 0 Å². The molecule has 0 aliphatic rings. The number of nitrogen functional groups attached to an aromatic ring is 1. The highest BCUT2D eigenvalue weighted by Crippen LogP contribution is 2.25. The van der Waals surface area contributed by atoms with Gasteiger partial charge in [-0.3, -0.25) is 4.79 Å². The standard InChI is InChI=1S/C12H18FN3OS/c1-12(2,18-3)6-16-10-4-7(11(15)17)9(14)5-8(10)13/h4-5,16H,6,14H2,1-3H3,(H2,15,17). The number of benzene rings is 1. The van der Waals surface area contributed by atoms with Crippen molar-refractivity contribution < 1.29 is 9.18 Å². The maximum absolute atomic E-state index is 13.7. The van der Waals surface area contributed by atoms with Crippen molar-refractivity contribution in [3.63, 3.8) is 0 Å². The average molecular weight is 271 g/mol. The van der Waals surface area contributed by atoms with E-state index in [0.717, 1.165) is 6.07 Å². The van der Waals surface area contributed by atoms with Crippen LogP contribution in [0.2, 0.25) is 0 Å². The molecule has 1 rings (SSSR count). The fourth-order valence-electron chi connectivity index (χ4n) is 1.32. The van der Waals surface area contributed by atoms with Crippen LogP contribution < -0.4 is 16.8 Å². The van der Waals surface area contributed by atoms with Gasteiger partial charge in [0, 0.05) is 17.0 Å². The van der Waals surface area contributed by atoms with E-state index in [1.165, 1.54) is 6.07 Å². The number of hydrogen-bond donors (Lipinski definition) is 3. The molecule has 0 atom stereocenters. The molecule has 0 spiro atoms. The van der Waals surface area contributed by atoms with Gasteiger partial charge in [0.05, 0.1) is 11.3 Å². The van der Waals surface area contributed by atoms with Crippen LogP contribution in [0.25, 0.3) is 0 Å². The summed E-state index contributed by atoms with van der Waals surface area (Å²) < 4.78 is 13.6. The van der Waals surface area contributed by atoms with Gasteiger partial charge in [0.25, 0.3) is 5.91 Å². The van der Waals surface area contributed by atoms with Crippen LogP contribution in [0.3, 0.4) is 0 Å². The van der Waals surface area contributed by atoms with Crippen LogP contribution in [0.15, 0.2) is 12.1 Å². The van der Waals surface area contributed by atoms with E-state index in [0.29, 0.717) is 6.54 Å². The van der Waals surface area contributed by atoms with E-state index in [4.69, 9.17) is 11.5 Å². The second-order valence-corrected chi connectivity index (χ2v) is 6.11. The molecule has 0 saturated carbocycles. The lowest BCUT2D eigenvalue weighted by Gasteiger charge is -2.23. The van der Waals surface area contributed by atoms with E-state index in [2.05, 4.69) is 5.32 Å². The Morgan fingerprint density at radius 1 is 1.50 bits per heavy atom. The molecular formula is C12H18FN3OS. The van der Waals surface area contributed by atoms with Crippen LogP contribution >= 0.6 is 11.8 Å². The highest BCUT2D eigenvalue weighted by atomic mass is 32.2. The highest BCUT2D eigenvalue weighted by Gasteiger charge is 2.17. The van der Waals surface area contributed by atoms with Gasteiger partial charge in [-0.2, -0.15) is 11.8 Å². The summed E-state index contributed by atoms with van der Waals surface area (Å²) in [4.78, 5) is 11.1. The Bertz CT molecular complexity index is 463. The third kappa shape index (κ3) is 3.53. The van der Waals surface area contributed by atoms with Crippen molar-refractivity contribution in [2.45, 2.75) is 18.6 Å². The Morgan fingerprint density at radius 3 is 2.61 bits per heavy atom. The van der Waals surface area contributed by atoms with Gasteiger partial charge < -0.3 is 16.8 Å². The number of primary amides is 1. The van der Waals surface area contributed by atoms with Crippen molar-refractivity contribution in [3.8, 4) is 0 Å². The van der Waals surface area contributed by atoms with Crippen molar-refractivity contribution in [2.24, 2.45) is 5.73 Å². The molecule has 1 aromatic carbocycles. The maximum atomic E-state index is 13.7. The third-order valence-corrected chi connectivity index (χ3v) is 3.91. The van der Waals surface area contributed by atoms with Gasteiger partial charge in [0.2, 0.25) is 0 Å². The first-order chi connectivity index (χ1) is 8.26. The number of nitrogens with two attached hydrogens (primary N) is 2. The minimum absolute atomic E-state index is 0.0410. The van der Waals surface area contributed by atoms with Gasteiger partial charge in [0.15, 0.2) is 0 Å². The molecule has 0 aliphatic heterocycles. The lowest BCUT2D eigenvalue weighted by molar-refractivity contribution is 0.100. The van der Waals surface area contributed by atoms with Gasteiger partial charge in [-0.1, -0.05) is 0 Å². The molecule has 6 heteroatoms. The van der Waals surface area contributed by atoms with Gasteiger partial charge >= 0.3 is 0 Å². The molecule has 5 N–H and O–H groups in total. The molecule has 1 amide bonds. The van der Waals surface area contributed by atoms with E-state index in [1.54, 1.807) is 11.8 Å². The van der Waals surface area contributed by atoms with Crippen LogP contribution in [-0.4, -0.2) is 23.5 Å². The summed E-state index contributed by atoms with van der Waals surface area (Å²) >= 11 is 1.66. The molecule has 18 heavy (non-hydrogen) atoms. The number of carbonyl (C=O) groups excluding carboxylic acids is 1. The Balaban J connectivity index is 2.96. The third-order valence-electron chi connectivity index (χ3n) is 2.66. The van der Waals surface area contributed by atoms with Crippen molar-refractivity contribution in [3.05, 3.63) is 23.5 Å². The Morgan fingerprint density at radius 2 is 2.11 bits per heavy atom. The molecule has 0 radical (unpaired) electrons. The fourth-order valence-corrected chi connectivity index (χ4v) is 1.53. The number of hydrogen-bond acceptors (Lipinski definition) is 4. The van der Waals surface area contributed by atoms with Crippen LogP contribution in [0.5, 0.6) is 0 Å². The number of carbonyl (C=O) groups is 1. The van der Waals surface area contributed by atoms with Crippen LogP contribution in [0, 0.1) is 5.82 Å². The molecule has 1 aromatic rings. The maximum Gasteiger partial charge on any atom is 0.250 e. The van der Waals surface area contributed by atoms with Crippen LogP contribution in [0.1, 0.15) is 24.2 Å². The predicted molar refractivity (Wildman–Crippen MR) is 75.4 cm³/mol. The number of anilines is 2. The second kappa shape index (κ2) is 5.48. The molecule has 0 heterocycles. The second-order valence-electron chi connectivity index (χ2n) is 4.60. The first kappa shape index (κ1) is 14.6. The summed E-state index contributed by atoms with van der Waals surface area (Å²) in [7, 11) is 0. The lowest BCUT2D eigenvalue weighted by atomic mass is 10.1. The zero-order valence-corrected chi connectivity index (χ0v) is 11.5. The molecule has 0 aromatic heterocycles. The number of halogens is 1. The quantitative estimate of drug-likeness (QED) is 0.716.